The van der Waals surface area contributed by atoms with Gasteiger partial charge in [0.15, 0.2) is 9.84 Å². The van der Waals surface area contributed by atoms with Crippen LogP contribution in [0.3, 0.4) is 0 Å². The molecule has 0 spiro atoms. The normalized spacial score (nSPS) is 11.8. The molecule has 242 valence electrons. The van der Waals surface area contributed by atoms with Crippen LogP contribution >= 0.6 is 0 Å². The lowest BCUT2D eigenvalue weighted by Gasteiger charge is -2.18. The Morgan fingerprint density at radius 3 is 2.04 bits per heavy atom. The van der Waals surface area contributed by atoms with E-state index < -0.39 is 33.3 Å². The molecule has 47 heavy (non-hydrogen) atoms. The summed E-state index contributed by atoms with van der Waals surface area (Å²) in [7, 11) is -3.92. The van der Waals surface area contributed by atoms with Gasteiger partial charge in [-0.3, -0.25) is 0 Å². The van der Waals surface area contributed by atoms with Gasteiger partial charge < -0.3 is 14.6 Å². The summed E-state index contributed by atoms with van der Waals surface area (Å²) < 4.78 is 77.3. The van der Waals surface area contributed by atoms with Crippen LogP contribution in [0.2, 0.25) is 0 Å². The van der Waals surface area contributed by atoms with Crippen molar-refractivity contribution in [2.24, 2.45) is 0 Å². The third-order valence-corrected chi connectivity index (χ3v) is 9.15. The molecule has 6 nitrogen and oxygen atoms in total. The topological polar surface area (TPSA) is 89.9 Å². The number of sulfone groups is 1. The summed E-state index contributed by atoms with van der Waals surface area (Å²) in [5.41, 5.74) is 2.02. The fraction of sp³-hybridized carbons (Fsp3) is 0.162. The van der Waals surface area contributed by atoms with E-state index in [1.807, 2.05) is 32.0 Å². The Morgan fingerprint density at radius 2 is 1.43 bits per heavy atom. The van der Waals surface area contributed by atoms with Crippen molar-refractivity contribution in [3.8, 4) is 28.4 Å². The third-order valence-electron chi connectivity index (χ3n) is 7.47. The van der Waals surface area contributed by atoms with Crippen molar-refractivity contribution in [2.75, 3.05) is 0 Å². The summed E-state index contributed by atoms with van der Waals surface area (Å²) >= 11 is 0. The van der Waals surface area contributed by atoms with Gasteiger partial charge in [-0.05, 0) is 94.4 Å². The van der Waals surface area contributed by atoms with Crippen LogP contribution in [0.5, 0.6) is 17.2 Å². The summed E-state index contributed by atoms with van der Waals surface area (Å²) in [5.74, 6) is -0.704. The highest BCUT2D eigenvalue weighted by Gasteiger charge is 2.30. The smallest absolute Gasteiger partial charge is 0.416 e. The molecule has 0 saturated carbocycles. The fourth-order valence-electron chi connectivity index (χ4n) is 5.05. The minimum atomic E-state index is -4.48. The van der Waals surface area contributed by atoms with Crippen molar-refractivity contribution in [2.45, 2.75) is 43.2 Å². The van der Waals surface area contributed by atoms with Crippen molar-refractivity contribution < 1.29 is 41.0 Å². The molecular formula is C37H31F3O6S. The number of para-hydroxylation sites is 1. The minimum absolute atomic E-state index is 0.0230. The van der Waals surface area contributed by atoms with E-state index in [0.29, 0.717) is 28.2 Å². The molecule has 0 bridgehead atoms. The molecule has 1 N–H and O–H groups in total. The molecule has 5 aromatic rings. The fourth-order valence-corrected chi connectivity index (χ4v) is 6.41. The first-order chi connectivity index (χ1) is 22.3. The molecule has 0 amide bonds. The van der Waals surface area contributed by atoms with Gasteiger partial charge in [0, 0.05) is 0 Å². The van der Waals surface area contributed by atoms with Gasteiger partial charge in [-0.25, -0.2) is 13.2 Å². The average molecular weight is 661 g/mol. The van der Waals surface area contributed by atoms with Crippen LogP contribution in [0.1, 0.15) is 52.4 Å². The molecule has 0 atom stereocenters. The lowest BCUT2D eigenvalue weighted by Crippen LogP contribution is -2.12. The summed E-state index contributed by atoms with van der Waals surface area (Å²) in [4.78, 5) is 12.4. The third kappa shape index (κ3) is 8.20. The molecule has 0 aliphatic rings. The van der Waals surface area contributed by atoms with Crippen LogP contribution in [-0.4, -0.2) is 19.5 Å². The highest BCUT2D eigenvalue weighted by atomic mass is 32.2. The van der Waals surface area contributed by atoms with Crippen molar-refractivity contribution >= 4 is 15.8 Å². The minimum Gasteiger partial charge on any atom is -0.489 e. The van der Waals surface area contributed by atoms with Crippen LogP contribution in [-0.2, 0) is 28.4 Å². The molecule has 5 aromatic carbocycles. The number of alkyl halides is 3. The van der Waals surface area contributed by atoms with E-state index in [9.17, 15) is 31.5 Å². The number of halogens is 3. The number of hydrogen-bond donors (Lipinski definition) is 1. The first-order valence-corrected chi connectivity index (χ1v) is 16.3. The number of hydrogen-bond acceptors (Lipinski definition) is 5. The predicted octanol–water partition coefficient (Wildman–Crippen LogP) is 9.54. The molecule has 0 unspecified atom stereocenters. The summed E-state index contributed by atoms with van der Waals surface area (Å²) in [6.07, 6.45) is -4.48. The largest absolute Gasteiger partial charge is 0.489 e. The van der Waals surface area contributed by atoms with Gasteiger partial charge in [0.1, 0.15) is 23.9 Å². The van der Waals surface area contributed by atoms with Crippen molar-refractivity contribution in [3.05, 3.63) is 143 Å². The number of carboxylic acid groups (broad SMARTS) is 1. The second-order valence-corrected chi connectivity index (χ2v) is 13.2. The van der Waals surface area contributed by atoms with Gasteiger partial charge in [0.25, 0.3) is 0 Å². The van der Waals surface area contributed by atoms with Gasteiger partial charge in [0.05, 0.1) is 21.8 Å². The zero-order chi connectivity index (χ0) is 33.8. The number of carboxylic acids is 1. The SMILES string of the molecule is CC(C)c1cc(CS(=O)(=O)c2ccc(Oc3ccccc3)cc2)c(C(=O)O)cc1-c1ccc(COc2cccc(C(F)(F)F)c2)cc1. The summed E-state index contributed by atoms with van der Waals surface area (Å²) in [6.45, 7) is 3.88. The molecule has 0 heterocycles. The molecule has 5 rings (SSSR count). The molecule has 0 saturated heterocycles. The second kappa shape index (κ2) is 13.7. The van der Waals surface area contributed by atoms with Crippen LogP contribution in [0.4, 0.5) is 13.2 Å². The number of carbonyl (C=O) groups is 1. The Kier molecular flexibility index (Phi) is 9.72. The zero-order valence-corrected chi connectivity index (χ0v) is 26.3. The van der Waals surface area contributed by atoms with Gasteiger partial charge in [-0.2, -0.15) is 13.2 Å². The Bertz CT molecular complexity index is 1970. The number of benzene rings is 5. The van der Waals surface area contributed by atoms with E-state index in [0.717, 1.165) is 17.7 Å². The number of ether oxygens (including phenoxy) is 2. The summed E-state index contributed by atoms with van der Waals surface area (Å²) in [6, 6.07) is 29.8. The van der Waals surface area contributed by atoms with Crippen LogP contribution in [0.15, 0.2) is 120 Å². The van der Waals surface area contributed by atoms with Gasteiger partial charge in [0.2, 0.25) is 0 Å². The highest BCUT2D eigenvalue weighted by Crippen LogP contribution is 2.35. The molecule has 10 heteroatoms. The zero-order valence-electron chi connectivity index (χ0n) is 25.5. The van der Waals surface area contributed by atoms with E-state index in [1.165, 1.54) is 30.3 Å². The number of aromatic carboxylic acids is 1. The molecule has 0 aliphatic carbocycles. The molecule has 0 radical (unpaired) electrons. The van der Waals surface area contributed by atoms with E-state index in [4.69, 9.17) is 9.47 Å². The maximum absolute atomic E-state index is 13.4. The lowest BCUT2D eigenvalue weighted by molar-refractivity contribution is -0.137. The Hall–Kier alpha value is -5.09. The van der Waals surface area contributed by atoms with E-state index in [2.05, 4.69) is 0 Å². The van der Waals surface area contributed by atoms with Crippen molar-refractivity contribution in [3.63, 3.8) is 0 Å². The quantitative estimate of drug-likeness (QED) is 0.152. The average Bonchev–Trinajstić information content (AvgIpc) is 3.04. The van der Waals surface area contributed by atoms with Crippen LogP contribution in [0.25, 0.3) is 11.1 Å². The highest BCUT2D eigenvalue weighted by molar-refractivity contribution is 7.90. The van der Waals surface area contributed by atoms with Crippen LogP contribution in [0, 0.1) is 0 Å². The van der Waals surface area contributed by atoms with Crippen LogP contribution < -0.4 is 9.47 Å². The molecule has 0 aliphatic heterocycles. The maximum Gasteiger partial charge on any atom is 0.416 e. The Balaban J connectivity index is 1.37. The van der Waals surface area contributed by atoms with E-state index in [-0.39, 0.29) is 34.3 Å². The van der Waals surface area contributed by atoms with Crippen molar-refractivity contribution in [1.82, 2.24) is 0 Å². The Labute approximate surface area is 271 Å². The maximum atomic E-state index is 13.4. The lowest BCUT2D eigenvalue weighted by atomic mass is 9.88. The monoisotopic (exact) mass is 660 g/mol. The molecular weight excluding hydrogens is 629 g/mol. The first-order valence-electron chi connectivity index (χ1n) is 14.7. The second-order valence-electron chi connectivity index (χ2n) is 11.2. The summed E-state index contributed by atoms with van der Waals surface area (Å²) in [5, 5.41) is 10.1. The van der Waals surface area contributed by atoms with Crippen molar-refractivity contribution in [1.29, 1.82) is 0 Å². The molecule has 0 fully saturated rings. The van der Waals surface area contributed by atoms with Gasteiger partial charge in [-0.1, -0.05) is 68.4 Å². The van der Waals surface area contributed by atoms with Gasteiger partial charge in [-0.15, -0.1) is 0 Å². The molecule has 0 aromatic heterocycles. The predicted molar refractivity (Wildman–Crippen MR) is 173 cm³/mol. The van der Waals surface area contributed by atoms with E-state index >= 15 is 0 Å². The standard InChI is InChI=1S/C37H31F3O6S/c1-24(2)33-19-27(23-47(43,44)32-17-15-30(16-18-32)46-29-8-4-3-5-9-29)35(36(41)42)21-34(33)26-13-11-25(12-14-26)22-45-31-10-6-7-28(20-31)37(38,39)40/h3-21,24H,22-23H2,1-2H3,(H,41,42). The van der Waals surface area contributed by atoms with Gasteiger partial charge >= 0.3 is 12.1 Å². The Morgan fingerprint density at radius 1 is 0.787 bits per heavy atom. The van der Waals surface area contributed by atoms with E-state index in [1.54, 1.807) is 54.6 Å². The first kappa shape index (κ1) is 33.3. The number of rotatable bonds is 11.